The molecule has 0 saturated carbocycles. The molecule has 136 valence electrons. The van der Waals surface area contributed by atoms with Gasteiger partial charge in [0.15, 0.2) is 0 Å². The lowest BCUT2D eigenvalue weighted by Gasteiger charge is -2.21. The number of carboxylic acid groups (broad SMARTS) is 1. The van der Waals surface area contributed by atoms with E-state index >= 15 is 0 Å². The van der Waals surface area contributed by atoms with Crippen molar-refractivity contribution in [1.29, 1.82) is 0 Å². The van der Waals surface area contributed by atoms with Crippen LogP contribution >= 0.6 is 12.6 Å². The molecular weight excluding hydrogens is 342 g/mol. The Hall–Kier alpha value is -2.06. The average Bonchev–Trinajstić information content (AvgIpc) is 3.14. The third-order valence-electron chi connectivity index (χ3n) is 4.09. The van der Waals surface area contributed by atoms with E-state index in [0.717, 1.165) is 24.9 Å². The fourth-order valence-corrected chi connectivity index (χ4v) is 2.95. The van der Waals surface area contributed by atoms with Gasteiger partial charge in [0.2, 0.25) is 11.8 Å². The van der Waals surface area contributed by atoms with Crippen LogP contribution in [0.5, 0.6) is 0 Å². The molecule has 0 aromatic heterocycles. The van der Waals surface area contributed by atoms with E-state index in [-0.39, 0.29) is 24.1 Å². The van der Waals surface area contributed by atoms with Crippen molar-refractivity contribution in [1.82, 2.24) is 16.0 Å². The Morgan fingerprint density at radius 1 is 1.20 bits per heavy atom. The lowest BCUT2D eigenvalue weighted by molar-refractivity contribution is -0.142. The number of hydrogen-bond acceptors (Lipinski definition) is 5. The second-order valence-electron chi connectivity index (χ2n) is 5.98. The third-order valence-corrected chi connectivity index (χ3v) is 4.45. The second-order valence-corrected chi connectivity index (χ2v) is 6.35. The van der Waals surface area contributed by atoms with E-state index in [1.807, 2.05) is 6.07 Å². The molecule has 0 unspecified atom stereocenters. The topological polar surface area (TPSA) is 108 Å². The maximum Gasteiger partial charge on any atom is 0.326 e. The molecular formula is C17H23N3O4S. The summed E-state index contributed by atoms with van der Waals surface area (Å²) < 4.78 is 0. The zero-order valence-electron chi connectivity index (χ0n) is 13.8. The molecule has 1 fully saturated rings. The normalized spacial score (nSPS) is 19.0. The quantitative estimate of drug-likeness (QED) is 0.416. The molecule has 0 radical (unpaired) electrons. The van der Waals surface area contributed by atoms with Gasteiger partial charge in [0.1, 0.15) is 12.1 Å². The standard InChI is InChI=1S/C17H23N3O4S/c21-15(12-7-4-8-18-12)20-14(10-25)16(22)19-13(17(23)24)9-11-5-2-1-3-6-11/h1-3,5-6,12-14,18,25H,4,7-10H2,(H,19,22)(H,20,21)(H,23,24)/t12-,13-,14-/m0/s1. The van der Waals surface area contributed by atoms with Crippen LogP contribution in [0, 0.1) is 0 Å². The lowest BCUT2D eigenvalue weighted by atomic mass is 10.1. The molecule has 1 saturated heterocycles. The van der Waals surface area contributed by atoms with Crippen LogP contribution < -0.4 is 16.0 Å². The lowest BCUT2D eigenvalue weighted by Crippen LogP contribution is -2.55. The fraction of sp³-hybridized carbons (Fsp3) is 0.471. The first-order valence-corrected chi connectivity index (χ1v) is 8.86. The molecule has 1 aliphatic heterocycles. The molecule has 1 heterocycles. The van der Waals surface area contributed by atoms with Gasteiger partial charge in [-0.1, -0.05) is 30.3 Å². The Bertz CT molecular complexity index is 605. The number of carbonyl (C=O) groups is 3. The smallest absolute Gasteiger partial charge is 0.326 e. The van der Waals surface area contributed by atoms with Gasteiger partial charge in [-0.2, -0.15) is 12.6 Å². The minimum Gasteiger partial charge on any atom is -0.480 e. The van der Waals surface area contributed by atoms with E-state index in [2.05, 4.69) is 28.6 Å². The van der Waals surface area contributed by atoms with E-state index in [9.17, 15) is 19.5 Å². The molecule has 2 amide bonds. The number of carbonyl (C=O) groups excluding carboxylic acids is 2. The molecule has 0 bridgehead atoms. The van der Waals surface area contributed by atoms with Crippen molar-refractivity contribution in [3.05, 3.63) is 35.9 Å². The average molecular weight is 365 g/mol. The predicted octanol–water partition coefficient (Wildman–Crippen LogP) is -0.0349. The summed E-state index contributed by atoms with van der Waals surface area (Å²) >= 11 is 4.10. The number of aliphatic carboxylic acids is 1. The van der Waals surface area contributed by atoms with Crippen molar-refractivity contribution >= 4 is 30.4 Å². The highest BCUT2D eigenvalue weighted by Crippen LogP contribution is 2.06. The molecule has 8 heteroatoms. The highest BCUT2D eigenvalue weighted by atomic mass is 32.1. The van der Waals surface area contributed by atoms with E-state index in [1.54, 1.807) is 24.3 Å². The summed E-state index contributed by atoms with van der Waals surface area (Å²) in [5.41, 5.74) is 0.803. The number of thiol groups is 1. The fourth-order valence-electron chi connectivity index (χ4n) is 2.70. The van der Waals surface area contributed by atoms with Crippen LogP contribution in [0.2, 0.25) is 0 Å². The molecule has 25 heavy (non-hydrogen) atoms. The largest absolute Gasteiger partial charge is 0.480 e. The number of carboxylic acids is 1. The predicted molar refractivity (Wildman–Crippen MR) is 96.5 cm³/mol. The summed E-state index contributed by atoms with van der Waals surface area (Å²) in [6.07, 6.45) is 1.80. The Morgan fingerprint density at radius 3 is 2.48 bits per heavy atom. The SMILES string of the molecule is O=C(O)[C@H](Cc1ccccc1)NC(=O)[C@H](CS)NC(=O)[C@@H]1CCCN1. The van der Waals surface area contributed by atoms with Crippen molar-refractivity contribution < 1.29 is 19.5 Å². The van der Waals surface area contributed by atoms with Crippen LogP contribution in [-0.4, -0.2) is 53.3 Å². The molecule has 1 aromatic carbocycles. The Labute approximate surface area is 152 Å². The van der Waals surface area contributed by atoms with Crippen molar-refractivity contribution in [3.8, 4) is 0 Å². The number of hydrogen-bond donors (Lipinski definition) is 5. The summed E-state index contributed by atoms with van der Waals surface area (Å²) in [7, 11) is 0. The van der Waals surface area contributed by atoms with Gasteiger partial charge in [-0.25, -0.2) is 4.79 Å². The van der Waals surface area contributed by atoms with Gasteiger partial charge in [-0.3, -0.25) is 9.59 Å². The summed E-state index contributed by atoms with van der Waals surface area (Å²) in [6, 6.07) is 6.78. The van der Waals surface area contributed by atoms with Crippen molar-refractivity contribution in [2.24, 2.45) is 0 Å². The second kappa shape index (κ2) is 9.43. The molecule has 4 N–H and O–H groups in total. The van der Waals surface area contributed by atoms with Gasteiger partial charge >= 0.3 is 5.97 Å². The zero-order valence-corrected chi connectivity index (χ0v) is 14.7. The van der Waals surface area contributed by atoms with Crippen molar-refractivity contribution in [3.63, 3.8) is 0 Å². The maximum absolute atomic E-state index is 12.4. The zero-order chi connectivity index (χ0) is 18.2. The van der Waals surface area contributed by atoms with Crippen LogP contribution in [-0.2, 0) is 20.8 Å². The van der Waals surface area contributed by atoms with Crippen LogP contribution in [0.25, 0.3) is 0 Å². The van der Waals surface area contributed by atoms with Gasteiger partial charge in [0.05, 0.1) is 6.04 Å². The number of nitrogens with one attached hydrogen (secondary N) is 3. The van der Waals surface area contributed by atoms with Gasteiger partial charge in [-0.15, -0.1) is 0 Å². The van der Waals surface area contributed by atoms with Crippen LogP contribution in [0.4, 0.5) is 0 Å². The van der Waals surface area contributed by atoms with Crippen LogP contribution in [0.1, 0.15) is 18.4 Å². The number of rotatable bonds is 8. The molecule has 0 aliphatic carbocycles. The monoisotopic (exact) mass is 365 g/mol. The Morgan fingerprint density at radius 2 is 1.92 bits per heavy atom. The van der Waals surface area contributed by atoms with Crippen LogP contribution in [0.3, 0.4) is 0 Å². The minimum absolute atomic E-state index is 0.0853. The molecule has 1 aliphatic rings. The number of amides is 2. The molecule has 3 atom stereocenters. The van der Waals surface area contributed by atoms with E-state index < -0.39 is 24.0 Å². The first-order valence-electron chi connectivity index (χ1n) is 8.23. The summed E-state index contributed by atoms with van der Waals surface area (Å²) in [4.78, 5) is 35.9. The van der Waals surface area contributed by atoms with Crippen molar-refractivity contribution in [2.75, 3.05) is 12.3 Å². The van der Waals surface area contributed by atoms with Gasteiger partial charge < -0.3 is 21.1 Å². The minimum atomic E-state index is -1.13. The summed E-state index contributed by atoms with van der Waals surface area (Å²) in [5.74, 6) is -1.85. The molecule has 0 spiro atoms. The van der Waals surface area contributed by atoms with Gasteiger partial charge in [0, 0.05) is 12.2 Å². The van der Waals surface area contributed by atoms with Crippen molar-refractivity contribution in [2.45, 2.75) is 37.4 Å². The number of benzene rings is 1. The molecule has 2 rings (SSSR count). The highest BCUT2D eigenvalue weighted by Gasteiger charge is 2.29. The van der Waals surface area contributed by atoms with E-state index in [0.29, 0.717) is 0 Å². The Balaban J connectivity index is 1.95. The van der Waals surface area contributed by atoms with Crippen LogP contribution in [0.15, 0.2) is 30.3 Å². The third kappa shape index (κ3) is 5.75. The van der Waals surface area contributed by atoms with Gasteiger partial charge in [0.25, 0.3) is 0 Å². The highest BCUT2D eigenvalue weighted by molar-refractivity contribution is 7.80. The first-order chi connectivity index (χ1) is 12.0. The molecule has 7 nitrogen and oxygen atoms in total. The summed E-state index contributed by atoms with van der Waals surface area (Å²) in [5, 5.41) is 17.5. The summed E-state index contributed by atoms with van der Waals surface area (Å²) in [6.45, 7) is 0.772. The Kier molecular flexibility index (Phi) is 7.27. The van der Waals surface area contributed by atoms with E-state index in [1.165, 1.54) is 0 Å². The maximum atomic E-state index is 12.4. The molecule has 1 aromatic rings. The first kappa shape index (κ1) is 19.3. The van der Waals surface area contributed by atoms with E-state index in [4.69, 9.17) is 0 Å². The van der Waals surface area contributed by atoms with Gasteiger partial charge in [-0.05, 0) is 24.9 Å².